The van der Waals surface area contributed by atoms with Gasteiger partial charge in [-0.1, -0.05) is 41.7 Å². The van der Waals surface area contributed by atoms with Crippen LogP contribution in [0.5, 0.6) is 0 Å². The van der Waals surface area contributed by atoms with E-state index in [0.717, 1.165) is 15.5 Å². The molecule has 0 aliphatic carbocycles. The standard InChI is InChI=1S/C13H16N4OS2/c1-8-12(20-13(14)16-8)19-7-10(11(18)17-15)9-5-3-2-4-6-9/h2-6,10H,7,15H2,1H3,(H2,14,16)(H,17,18). The Balaban J connectivity index is 2.13. The molecule has 1 heterocycles. The Bertz CT molecular complexity index is 585. The second-order valence-electron chi connectivity index (χ2n) is 4.21. The van der Waals surface area contributed by atoms with Gasteiger partial charge in [0.05, 0.1) is 15.8 Å². The first-order chi connectivity index (χ1) is 9.61. The van der Waals surface area contributed by atoms with Gasteiger partial charge in [-0.2, -0.15) is 0 Å². The lowest BCUT2D eigenvalue weighted by Gasteiger charge is -2.14. The first-order valence-electron chi connectivity index (χ1n) is 6.03. The number of nitrogens with one attached hydrogen (secondary N) is 1. The molecule has 5 nitrogen and oxygen atoms in total. The van der Waals surface area contributed by atoms with Crippen molar-refractivity contribution in [2.45, 2.75) is 17.1 Å². The number of anilines is 1. The van der Waals surface area contributed by atoms with Crippen LogP contribution in [0.2, 0.25) is 0 Å². The maximum atomic E-state index is 11.9. The number of nitrogens with zero attached hydrogens (tertiary/aromatic N) is 1. The fourth-order valence-electron chi connectivity index (χ4n) is 1.80. The molecule has 2 aromatic rings. The van der Waals surface area contributed by atoms with Crippen molar-refractivity contribution in [3.8, 4) is 0 Å². The number of nitrogens with two attached hydrogens (primary N) is 2. The highest BCUT2D eigenvalue weighted by molar-refractivity contribution is 8.01. The monoisotopic (exact) mass is 308 g/mol. The Hall–Kier alpha value is -1.57. The van der Waals surface area contributed by atoms with E-state index in [1.807, 2.05) is 37.3 Å². The number of amides is 1. The lowest BCUT2D eigenvalue weighted by molar-refractivity contribution is -0.122. The summed E-state index contributed by atoms with van der Waals surface area (Å²) < 4.78 is 1.04. The number of carbonyl (C=O) groups excluding carboxylic acids is 1. The SMILES string of the molecule is Cc1nc(N)sc1SCC(C(=O)NN)c1ccccc1. The summed E-state index contributed by atoms with van der Waals surface area (Å²) in [7, 11) is 0. The van der Waals surface area contributed by atoms with Gasteiger partial charge in [-0.15, -0.1) is 11.8 Å². The summed E-state index contributed by atoms with van der Waals surface area (Å²) in [6.07, 6.45) is 0. The van der Waals surface area contributed by atoms with Crippen molar-refractivity contribution < 1.29 is 4.79 Å². The van der Waals surface area contributed by atoms with Crippen LogP contribution < -0.4 is 17.0 Å². The lowest BCUT2D eigenvalue weighted by atomic mass is 10.0. The first-order valence-corrected chi connectivity index (χ1v) is 7.83. The molecule has 2 rings (SSSR count). The van der Waals surface area contributed by atoms with Crippen LogP contribution in [0.1, 0.15) is 17.2 Å². The summed E-state index contributed by atoms with van der Waals surface area (Å²) in [5.74, 6) is 5.37. The first kappa shape index (κ1) is 14.8. The zero-order valence-electron chi connectivity index (χ0n) is 11.0. The number of thiazole rings is 1. The number of hydrogen-bond acceptors (Lipinski definition) is 6. The van der Waals surface area contributed by atoms with E-state index >= 15 is 0 Å². The third kappa shape index (κ3) is 3.50. The molecule has 0 fully saturated rings. The molecule has 1 aromatic heterocycles. The Morgan fingerprint density at radius 1 is 1.45 bits per heavy atom. The maximum Gasteiger partial charge on any atom is 0.242 e. The maximum absolute atomic E-state index is 11.9. The molecule has 0 spiro atoms. The van der Waals surface area contributed by atoms with Crippen molar-refractivity contribution in [2.75, 3.05) is 11.5 Å². The molecule has 0 saturated heterocycles. The van der Waals surface area contributed by atoms with Crippen LogP contribution in [0, 0.1) is 6.92 Å². The Morgan fingerprint density at radius 2 is 2.15 bits per heavy atom. The highest BCUT2D eigenvalue weighted by atomic mass is 32.2. The molecule has 0 saturated carbocycles. The highest BCUT2D eigenvalue weighted by Gasteiger charge is 2.21. The Labute approximate surface area is 125 Å². The van der Waals surface area contributed by atoms with Gasteiger partial charge in [-0.3, -0.25) is 10.2 Å². The van der Waals surface area contributed by atoms with E-state index in [9.17, 15) is 4.79 Å². The molecule has 0 radical (unpaired) electrons. The predicted octanol–water partition coefficient (Wildman–Crippen LogP) is 1.90. The number of hydrazine groups is 1. The van der Waals surface area contributed by atoms with Crippen LogP contribution >= 0.6 is 23.1 Å². The minimum atomic E-state index is -0.297. The highest BCUT2D eigenvalue weighted by Crippen LogP contribution is 2.33. The number of rotatable bonds is 5. The molecule has 1 atom stereocenters. The van der Waals surface area contributed by atoms with Crippen molar-refractivity contribution in [3.05, 3.63) is 41.6 Å². The zero-order valence-corrected chi connectivity index (χ0v) is 12.6. The molecule has 0 aliphatic heterocycles. The second kappa shape index (κ2) is 6.74. The average Bonchev–Trinajstić information content (AvgIpc) is 2.78. The number of carbonyl (C=O) groups is 1. The molecule has 20 heavy (non-hydrogen) atoms. The van der Waals surface area contributed by atoms with Crippen molar-refractivity contribution in [3.63, 3.8) is 0 Å². The van der Waals surface area contributed by atoms with Crippen molar-refractivity contribution in [1.29, 1.82) is 0 Å². The molecule has 0 bridgehead atoms. The Kier molecular flexibility index (Phi) is 4.99. The van der Waals surface area contributed by atoms with Crippen LogP contribution in [-0.2, 0) is 4.79 Å². The normalized spacial score (nSPS) is 12.1. The van der Waals surface area contributed by atoms with E-state index in [2.05, 4.69) is 10.4 Å². The van der Waals surface area contributed by atoms with E-state index in [0.29, 0.717) is 10.9 Å². The average molecular weight is 308 g/mol. The molecular weight excluding hydrogens is 292 g/mol. The Morgan fingerprint density at radius 3 is 2.70 bits per heavy atom. The van der Waals surface area contributed by atoms with Gasteiger partial charge in [-0.25, -0.2) is 10.8 Å². The minimum Gasteiger partial charge on any atom is -0.375 e. The fraction of sp³-hybridized carbons (Fsp3) is 0.231. The summed E-state index contributed by atoms with van der Waals surface area (Å²) in [5, 5.41) is 0.546. The lowest BCUT2D eigenvalue weighted by Crippen LogP contribution is -2.35. The van der Waals surface area contributed by atoms with Gasteiger partial charge in [0.15, 0.2) is 5.13 Å². The van der Waals surface area contributed by atoms with Crippen LogP contribution in [0.15, 0.2) is 34.5 Å². The summed E-state index contributed by atoms with van der Waals surface area (Å²) >= 11 is 3.01. The molecule has 7 heteroatoms. The topological polar surface area (TPSA) is 94.0 Å². The number of hydrogen-bond donors (Lipinski definition) is 3. The largest absolute Gasteiger partial charge is 0.375 e. The van der Waals surface area contributed by atoms with Gasteiger partial charge in [0, 0.05) is 5.75 Å². The molecule has 1 unspecified atom stereocenters. The molecule has 1 aromatic carbocycles. The summed E-state index contributed by atoms with van der Waals surface area (Å²) in [6, 6.07) is 9.59. The van der Waals surface area contributed by atoms with Crippen LogP contribution in [0.25, 0.3) is 0 Å². The summed E-state index contributed by atoms with van der Waals surface area (Å²) in [4.78, 5) is 16.1. The van der Waals surface area contributed by atoms with E-state index in [1.54, 1.807) is 11.8 Å². The van der Waals surface area contributed by atoms with Crippen LogP contribution in [0.4, 0.5) is 5.13 Å². The quantitative estimate of drug-likeness (QED) is 0.339. The number of thioether (sulfide) groups is 1. The molecule has 5 N–H and O–H groups in total. The van der Waals surface area contributed by atoms with Crippen molar-refractivity contribution in [2.24, 2.45) is 5.84 Å². The molecule has 106 valence electrons. The van der Waals surface area contributed by atoms with Gasteiger partial charge in [0.1, 0.15) is 0 Å². The summed E-state index contributed by atoms with van der Waals surface area (Å²) in [6.45, 7) is 1.91. The third-order valence-electron chi connectivity index (χ3n) is 2.81. The third-order valence-corrected chi connectivity index (χ3v) is 5.25. The van der Waals surface area contributed by atoms with Gasteiger partial charge in [0.2, 0.25) is 5.91 Å². The van der Waals surface area contributed by atoms with Crippen LogP contribution in [-0.4, -0.2) is 16.6 Å². The van der Waals surface area contributed by atoms with Crippen LogP contribution in [0.3, 0.4) is 0 Å². The molecule has 0 aliphatic rings. The number of nitrogen functional groups attached to an aromatic ring is 1. The van der Waals surface area contributed by atoms with Gasteiger partial charge < -0.3 is 5.73 Å². The number of aryl methyl sites for hydroxylation is 1. The molecular formula is C13H16N4OS2. The van der Waals surface area contributed by atoms with E-state index in [4.69, 9.17) is 11.6 Å². The minimum absolute atomic E-state index is 0.196. The summed E-state index contributed by atoms with van der Waals surface area (Å²) in [5.41, 5.74) is 9.75. The number of aromatic nitrogens is 1. The van der Waals surface area contributed by atoms with E-state index in [1.165, 1.54) is 11.3 Å². The second-order valence-corrected chi connectivity index (χ2v) is 6.53. The number of benzene rings is 1. The molecule has 1 amide bonds. The van der Waals surface area contributed by atoms with Gasteiger partial charge in [0.25, 0.3) is 0 Å². The van der Waals surface area contributed by atoms with Crippen molar-refractivity contribution >= 4 is 34.1 Å². The van der Waals surface area contributed by atoms with E-state index < -0.39 is 0 Å². The van der Waals surface area contributed by atoms with Crippen molar-refractivity contribution in [1.82, 2.24) is 10.4 Å². The predicted molar refractivity (Wildman–Crippen MR) is 83.5 cm³/mol. The van der Waals surface area contributed by atoms with Gasteiger partial charge >= 0.3 is 0 Å². The zero-order chi connectivity index (χ0) is 14.5. The van der Waals surface area contributed by atoms with Gasteiger partial charge in [-0.05, 0) is 12.5 Å². The fourth-order valence-corrected chi connectivity index (χ4v) is 3.98. The smallest absolute Gasteiger partial charge is 0.242 e. The van der Waals surface area contributed by atoms with E-state index in [-0.39, 0.29) is 11.8 Å².